The molecule has 0 bridgehead atoms. The summed E-state index contributed by atoms with van der Waals surface area (Å²) in [5.41, 5.74) is 5.45. The molecule has 0 aliphatic heterocycles. The lowest BCUT2D eigenvalue weighted by Gasteiger charge is -2.25. The lowest BCUT2D eigenvalue weighted by atomic mass is 9.79. The Morgan fingerprint density at radius 3 is 2.55 bits per heavy atom. The standard InChI is InChI=1S/C15H25N3O2/c1-10(2)14-17-18-15(20-14)12-7-5-11(6-8-12)13(19)4-3-9-16/h10-12H,3-9,16H2,1-2H3. The van der Waals surface area contributed by atoms with Crippen molar-refractivity contribution < 1.29 is 9.21 Å². The number of Topliss-reactive ketones (excluding diaryl/α,β-unsaturated/α-hetero) is 1. The molecule has 0 amide bonds. The Bertz CT molecular complexity index is 434. The van der Waals surface area contributed by atoms with E-state index in [4.69, 9.17) is 10.2 Å². The van der Waals surface area contributed by atoms with Gasteiger partial charge in [0, 0.05) is 24.2 Å². The second-order valence-corrected chi connectivity index (χ2v) is 6.04. The first-order chi connectivity index (χ1) is 9.61. The molecule has 1 saturated carbocycles. The lowest BCUT2D eigenvalue weighted by molar-refractivity contribution is -0.124. The molecule has 0 saturated heterocycles. The number of hydrogen-bond acceptors (Lipinski definition) is 5. The number of carbonyl (C=O) groups excluding carboxylic acids is 1. The van der Waals surface area contributed by atoms with Crippen LogP contribution in [0.15, 0.2) is 4.42 Å². The van der Waals surface area contributed by atoms with E-state index in [2.05, 4.69) is 10.2 Å². The fraction of sp³-hybridized carbons (Fsp3) is 0.800. The van der Waals surface area contributed by atoms with Crippen molar-refractivity contribution in [3.05, 3.63) is 11.8 Å². The Hall–Kier alpha value is -1.23. The van der Waals surface area contributed by atoms with Crippen LogP contribution in [0.2, 0.25) is 0 Å². The van der Waals surface area contributed by atoms with Crippen molar-refractivity contribution in [2.24, 2.45) is 11.7 Å². The number of nitrogens with two attached hydrogens (primary N) is 1. The van der Waals surface area contributed by atoms with Crippen LogP contribution < -0.4 is 5.73 Å². The summed E-state index contributed by atoms with van der Waals surface area (Å²) in [4.78, 5) is 12.0. The van der Waals surface area contributed by atoms with E-state index in [1.54, 1.807) is 0 Å². The van der Waals surface area contributed by atoms with Gasteiger partial charge in [-0.2, -0.15) is 0 Å². The second kappa shape index (κ2) is 6.97. The third kappa shape index (κ3) is 3.66. The zero-order valence-corrected chi connectivity index (χ0v) is 12.5. The van der Waals surface area contributed by atoms with E-state index in [9.17, 15) is 4.79 Å². The topological polar surface area (TPSA) is 82.0 Å². The van der Waals surface area contributed by atoms with Crippen LogP contribution in [0.3, 0.4) is 0 Å². The van der Waals surface area contributed by atoms with E-state index >= 15 is 0 Å². The van der Waals surface area contributed by atoms with Crippen molar-refractivity contribution in [2.45, 2.75) is 64.2 Å². The molecule has 0 unspecified atom stereocenters. The van der Waals surface area contributed by atoms with Crippen LogP contribution in [0.25, 0.3) is 0 Å². The first kappa shape index (κ1) is 15.2. The van der Waals surface area contributed by atoms with Crippen LogP contribution in [0.1, 0.15) is 76.0 Å². The van der Waals surface area contributed by atoms with Gasteiger partial charge < -0.3 is 10.2 Å². The minimum Gasteiger partial charge on any atom is -0.425 e. The van der Waals surface area contributed by atoms with Crippen molar-refractivity contribution in [1.82, 2.24) is 10.2 Å². The highest BCUT2D eigenvalue weighted by molar-refractivity contribution is 5.81. The number of nitrogens with zero attached hydrogens (tertiary/aromatic N) is 2. The highest BCUT2D eigenvalue weighted by atomic mass is 16.4. The minimum absolute atomic E-state index is 0.213. The number of carbonyl (C=O) groups is 1. The molecular weight excluding hydrogens is 254 g/mol. The van der Waals surface area contributed by atoms with Crippen LogP contribution in [0.4, 0.5) is 0 Å². The maximum absolute atomic E-state index is 12.0. The molecular formula is C15H25N3O2. The van der Waals surface area contributed by atoms with Gasteiger partial charge in [-0.05, 0) is 38.6 Å². The van der Waals surface area contributed by atoms with Gasteiger partial charge in [-0.1, -0.05) is 13.8 Å². The summed E-state index contributed by atoms with van der Waals surface area (Å²) in [6.45, 7) is 4.69. The van der Waals surface area contributed by atoms with E-state index in [0.29, 0.717) is 30.6 Å². The largest absolute Gasteiger partial charge is 0.425 e. The molecule has 112 valence electrons. The Morgan fingerprint density at radius 1 is 1.30 bits per heavy atom. The summed E-state index contributed by atoms with van der Waals surface area (Å²) in [6, 6.07) is 0. The minimum atomic E-state index is 0.213. The van der Waals surface area contributed by atoms with E-state index in [1.165, 1.54) is 0 Å². The van der Waals surface area contributed by atoms with Gasteiger partial charge >= 0.3 is 0 Å². The van der Waals surface area contributed by atoms with Crippen LogP contribution in [-0.4, -0.2) is 22.5 Å². The zero-order valence-electron chi connectivity index (χ0n) is 12.5. The maximum atomic E-state index is 12.0. The van der Waals surface area contributed by atoms with Gasteiger partial charge in [0.2, 0.25) is 11.8 Å². The smallest absolute Gasteiger partial charge is 0.219 e. The summed E-state index contributed by atoms with van der Waals surface area (Å²) in [7, 11) is 0. The monoisotopic (exact) mass is 279 g/mol. The second-order valence-electron chi connectivity index (χ2n) is 6.04. The van der Waals surface area contributed by atoms with Crippen LogP contribution in [-0.2, 0) is 4.79 Å². The molecule has 5 nitrogen and oxygen atoms in total. The van der Waals surface area contributed by atoms with Crippen molar-refractivity contribution in [3.8, 4) is 0 Å². The number of ketones is 1. The molecule has 0 aromatic carbocycles. The molecule has 20 heavy (non-hydrogen) atoms. The van der Waals surface area contributed by atoms with Gasteiger partial charge in [0.15, 0.2) is 0 Å². The average molecular weight is 279 g/mol. The highest BCUT2D eigenvalue weighted by Crippen LogP contribution is 2.36. The predicted octanol–water partition coefficient (Wildman–Crippen LogP) is 2.77. The fourth-order valence-electron chi connectivity index (χ4n) is 2.79. The number of hydrogen-bond donors (Lipinski definition) is 1. The van der Waals surface area contributed by atoms with Crippen LogP contribution in [0, 0.1) is 5.92 Å². The molecule has 1 aromatic rings. The SMILES string of the molecule is CC(C)c1nnc(C2CCC(C(=O)CCCN)CC2)o1. The third-order valence-electron chi connectivity index (χ3n) is 4.11. The molecule has 0 spiro atoms. The summed E-state index contributed by atoms with van der Waals surface area (Å²) in [5.74, 6) is 2.65. The van der Waals surface area contributed by atoms with Gasteiger partial charge in [0.25, 0.3) is 0 Å². The molecule has 0 atom stereocenters. The Kier molecular flexibility index (Phi) is 5.29. The molecule has 2 N–H and O–H groups in total. The normalized spacial score (nSPS) is 23.2. The van der Waals surface area contributed by atoms with E-state index in [0.717, 1.165) is 38.0 Å². The Balaban J connectivity index is 1.85. The highest BCUT2D eigenvalue weighted by Gasteiger charge is 2.29. The van der Waals surface area contributed by atoms with Crippen molar-refractivity contribution in [3.63, 3.8) is 0 Å². The summed E-state index contributed by atoms with van der Waals surface area (Å²) >= 11 is 0. The van der Waals surface area contributed by atoms with Crippen molar-refractivity contribution in [2.75, 3.05) is 6.54 Å². The summed E-state index contributed by atoms with van der Waals surface area (Å²) < 4.78 is 5.72. The number of aromatic nitrogens is 2. The van der Waals surface area contributed by atoms with Crippen molar-refractivity contribution in [1.29, 1.82) is 0 Å². The van der Waals surface area contributed by atoms with Gasteiger partial charge in [-0.15, -0.1) is 10.2 Å². The maximum Gasteiger partial charge on any atom is 0.219 e. The van der Waals surface area contributed by atoms with Crippen LogP contribution >= 0.6 is 0 Å². The first-order valence-corrected chi connectivity index (χ1v) is 7.68. The van der Waals surface area contributed by atoms with Gasteiger partial charge in [0.05, 0.1) is 0 Å². The van der Waals surface area contributed by atoms with E-state index in [1.807, 2.05) is 13.8 Å². The van der Waals surface area contributed by atoms with Gasteiger partial charge in [0.1, 0.15) is 5.78 Å². The van der Waals surface area contributed by atoms with Crippen LogP contribution in [0.5, 0.6) is 0 Å². The fourth-order valence-corrected chi connectivity index (χ4v) is 2.79. The molecule has 1 heterocycles. The lowest BCUT2D eigenvalue weighted by Crippen LogP contribution is -2.21. The molecule has 0 radical (unpaired) electrons. The summed E-state index contributed by atoms with van der Waals surface area (Å²) in [6.07, 6.45) is 5.25. The molecule has 1 aliphatic rings. The molecule has 1 aromatic heterocycles. The number of rotatable bonds is 6. The summed E-state index contributed by atoms with van der Waals surface area (Å²) in [5, 5.41) is 8.25. The van der Waals surface area contributed by atoms with E-state index in [-0.39, 0.29) is 11.8 Å². The van der Waals surface area contributed by atoms with E-state index < -0.39 is 0 Å². The van der Waals surface area contributed by atoms with Crippen molar-refractivity contribution >= 4 is 5.78 Å². The molecule has 5 heteroatoms. The predicted molar refractivity (Wildman–Crippen MR) is 76.4 cm³/mol. The third-order valence-corrected chi connectivity index (χ3v) is 4.11. The molecule has 1 aliphatic carbocycles. The zero-order chi connectivity index (χ0) is 14.5. The first-order valence-electron chi connectivity index (χ1n) is 7.68. The van der Waals surface area contributed by atoms with Gasteiger partial charge in [-0.25, -0.2) is 0 Å². The Labute approximate surface area is 120 Å². The van der Waals surface area contributed by atoms with Gasteiger partial charge in [-0.3, -0.25) is 4.79 Å². The average Bonchev–Trinajstić information content (AvgIpc) is 2.95. The molecule has 2 rings (SSSR count). The Morgan fingerprint density at radius 2 is 2.00 bits per heavy atom. The molecule has 1 fully saturated rings. The quantitative estimate of drug-likeness (QED) is 0.865.